The van der Waals surface area contributed by atoms with Crippen LogP contribution in [0.4, 0.5) is 5.13 Å². The van der Waals surface area contributed by atoms with Crippen molar-refractivity contribution in [2.75, 3.05) is 11.9 Å². The number of anilines is 1. The highest BCUT2D eigenvalue weighted by Gasteiger charge is 2.28. The lowest BCUT2D eigenvalue weighted by Gasteiger charge is -2.09. The average molecular weight is 329 g/mol. The van der Waals surface area contributed by atoms with Gasteiger partial charge in [-0.2, -0.15) is 4.37 Å². The molecule has 0 saturated heterocycles. The van der Waals surface area contributed by atoms with E-state index >= 15 is 0 Å². The van der Waals surface area contributed by atoms with Crippen LogP contribution in [0, 0.1) is 0 Å². The zero-order valence-electron chi connectivity index (χ0n) is 13.2. The van der Waals surface area contributed by atoms with Gasteiger partial charge in [-0.1, -0.05) is 12.1 Å². The van der Waals surface area contributed by atoms with Gasteiger partial charge in [0.1, 0.15) is 11.6 Å². The van der Waals surface area contributed by atoms with E-state index in [4.69, 9.17) is 9.15 Å². The van der Waals surface area contributed by atoms with Gasteiger partial charge in [-0.25, -0.2) is 4.98 Å². The molecule has 2 heterocycles. The lowest BCUT2D eigenvalue weighted by Crippen LogP contribution is -2.05. The molecule has 1 N–H and O–H groups in total. The minimum absolute atomic E-state index is 0.0249. The van der Waals surface area contributed by atoms with Crippen LogP contribution in [0.3, 0.4) is 0 Å². The van der Waals surface area contributed by atoms with Crippen molar-refractivity contribution in [3.05, 3.63) is 35.9 Å². The molecule has 1 unspecified atom stereocenters. The van der Waals surface area contributed by atoms with Crippen molar-refractivity contribution < 1.29 is 9.15 Å². The van der Waals surface area contributed by atoms with Crippen molar-refractivity contribution in [1.82, 2.24) is 9.36 Å². The Bertz CT molecular complexity index is 822. The van der Waals surface area contributed by atoms with Crippen molar-refractivity contribution in [2.45, 2.75) is 38.6 Å². The normalized spacial score (nSPS) is 15.7. The van der Waals surface area contributed by atoms with Crippen molar-refractivity contribution >= 4 is 27.6 Å². The first kappa shape index (κ1) is 14.5. The van der Waals surface area contributed by atoms with Crippen LogP contribution in [0.1, 0.15) is 50.2 Å². The number of nitrogens with one attached hydrogen (secondary N) is 1. The fourth-order valence-electron chi connectivity index (χ4n) is 2.60. The standard InChI is InChI=1S/C17H19N3O2S/c1-3-21-13-6-4-5-12-9-14(22-15(12)13)10(2)18-17-19-16(20-23-17)11-7-8-11/h4-6,9-11H,3,7-8H2,1-2H3,(H,18,19,20). The van der Waals surface area contributed by atoms with Crippen molar-refractivity contribution in [2.24, 2.45) is 0 Å². The zero-order chi connectivity index (χ0) is 15.8. The first-order chi connectivity index (χ1) is 11.2. The molecule has 23 heavy (non-hydrogen) atoms. The number of ether oxygens (including phenoxy) is 1. The van der Waals surface area contributed by atoms with Gasteiger partial charge in [0.15, 0.2) is 11.3 Å². The number of rotatable bonds is 6. The molecule has 1 aromatic carbocycles. The first-order valence-electron chi connectivity index (χ1n) is 8.00. The molecule has 120 valence electrons. The molecule has 3 aromatic rings. The highest BCUT2D eigenvalue weighted by atomic mass is 32.1. The number of aromatic nitrogens is 2. The minimum atomic E-state index is 0.0249. The molecule has 1 saturated carbocycles. The molecule has 0 aliphatic heterocycles. The van der Waals surface area contributed by atoms with Crippen LogP contribution in [0.2, 0.25) is 0 Å². The summed E-state index contributed by atoms with van der Waals surface area (Å²) in [6.07, 6.45) is 2.44. The summed E-state index contributed by atoms with van der Waals surface area (Å²) in [4.78, 5) is 4.57. The van der Waals surface area contributed by atoms with Crippen molar-refractivity contribution in [3.8, 4) is 5.75 Å². The number of nitrogens with zero attached hydrogens (tertiary/aromatic N) is 2. The van der Waals surface area contributed by atoms with Gasteiger partial charge in [0, 0.05) is 22.8 Å². The summed E-state index contributed by atoms with van der Waals surface area (Å²) in [5.74, 6) is 3.22. The van der Waals surface area contributed by atoms with Gasteiger partial charge in [-0.15, -0.1) is 0 Å². The predicted octanol–water partition coefficient (Wildman–Crippen LogP) is 4.73. The van der Waals surface area contributed by atoms with E-state index in [1.807, 2.05) is 25.1 Å². The molecule has 0 bridgehead atoms. The van der Waals surface area contributed by atoms with Gasteiger partial charge in [-0.3, -0.25) is 0 Å². The second kappa shape index (κ2) is 5.85. The van der Waals surface area contributed by atoms with E-state index in [1.165, 1.54) is 24.4 Å². The molecule has 6 heteroatoms. The van der Waals surface area contributed by atoms with Gasteiger partial charge in [0.2, 0.25) is 5.13 Å². The van der Waals surface area contributed by atoms with Crippen LogP contribution < -0.4 is 10.1 Å². The molecular formula is C17H19N3O2S. The summed E-state index contributed by atoms with van der Waals surface area (Å²) in [6, 6.07) is 8.03. The Kier molecular flexibility index (Phi) is 3.69. The van der Waals surface area contributed by atoms with Crippen LogP contribution in [0.25, 0.3) is 11.0 Å². The SMILES string of the molecule is CCOc1cccc2cc(C(C)Nc3nc(C4CC4)ns3)oc12. The quantitative estimate of drug-likeness (QED) is 0.708. The summed E-state index contributed by atoms with van der Waals surface area (Å²) in [7, 11) is 0. The van der Waals surface area contributed by atoms with Gasteiger partial charge < -0.3 is 14.5 Å². The van der Waals surface area contributed by atoms with E-state index < -0.39 is 0 Å². The van der Waals surface area contributed by atoms with E-state index in [9.17, 15) is 0 Å². The topological polar surface area (TPSA) is 60.2 Å². The monoisotopic (exact) mass is 329 g/mol. The summed E-state index contributed by atoms with van der Waals surface area (Å²) >= 11 is 1.42. The third kappa shape index (κ3) is 2.91. The molecule has 2 aromatic heterocycles. The number of benzene rings is 1. The smallest absolute Gasteiger partial charge is 0.203 e. The Morgan fingerprint density at radius 2 is 2.30 bits per heavy atom. The van der Waals surface area contributed by atoms with Crippen LogP contribution in [0.15, 0.2) is 28.7 Å². The van der Waals surface area contributed by atoms with E-state index in [2.05, 4.69) is 27.7 Å². The summed E-state index contributed by atoms with van der Waals surface area (Å²) in [5, 5.41) is 5.29. The maximum Gasteiger partial charge on any atom is 0.203 e. The van der Waals surface area contributed by atoms with E-state index in [1.54, 1.807) is 0 Å². The molecule has 0 radical (unpaired) electrons. The van der Waals surface area contributed by atoms with E-state index in [0.29, 0.717) is 12.5 Å². The molecule has 0 spiro atoms. The minimum Gasteiger partial charge on any atom is -0.490 e. The Hall–Kier alpha value is -2.08. The largest absolute Gasteiger partial charge is 0.490 e. The lowest BCUT2D eigenvalue weighted by molar-refractivity contribution is 0.337. The highest BCUT2D eigenvalue weighted by Crippen LogP contribution is 2.39. The molecule has 5 nitrogen and oxygen atoms in total. The third-order valence-electron chi connectivity index (χ3n) is 3.98. The predicted molar refractivity (Wildman–Crippen MR) is 91.3 cm³/mol. The number of hydrogen-bond acceptors (Lipinski definition) is 6. The zero-order valence-corrected chi connectivity index (χ0v) is 14.0. The second-order valence-corrected chi connectivity index (χ2v) is 6.61. The molecule has 1 atom stereocenters. The molecule has 1 aliphatic carbocycles. The first-order valence-corrected chi connectivity index (χ1v) is 8.77. The lowest BCUT2D eigenvalue weighted by atomic mass is 10.2. The summed E-state index contributed by atoms with van der Waals surface area (Å²) < 4.78 is 16.1. The molecular weight excluding hydrogens is 310 g/mol. The summed E-state index contributed by atoms with van der Waals surface area (Å²) in [6.45, 7) is 4.66. The van der Waals surface area contributed by atoms with Crippen LogP contribution in [-0.2, 0) is 0 Å². The highest BCUT2D eigenvalue weighted by molar-refractivity contribution is 7.09. The number of fused-ring (bicyclic) bond motifs is 1. The van der Waals surface area contributed by atoms with Gasteiger partial charge in [0.05, 0.1) is 12.6 Å². The van der Waals surface area contributed by atoms with Gasteiger partial charge >= 0.3 is 0 Å². The van der Waals surface area contributed by atoms with Crippen LogP contribution >= 0.6 is 11.5 Å². The maximum atomic E-state index is 6.02. The number of hydrogen-bond donors (Lipinski definition) is 1. The van der Waals surface area contributed by atoms with E-state index in [0.717, 1.165) is 33.4 Å². The third-order valence-corrected chi connectivity index (χ3v) is 4.64. The van der Waals surface area contributed by atoms with Crippen LogP contribution in [-0.4, -0.2) is 16.0 Å². The molecule has 1 aliphatic rings. The fourth-order valence-corrected chi connectivity index (χ4v) is 3.33. The Morgan fingerprint density at radius 1 is 1.43 bits per heavy atom. The van der Waals surface area contributed by atoms with Crippen molar-refractivity contribution in [1.29, 1.82) is 0 Å². The molecule has 4 rings (SSSR count). The summed E-state index contributed by atoms with van der Waals surface area (Å²) in [5.41, 5.74) is 0.800. The number of para-hydroxylation sites is 1. The molecule has 0 amide bonds. The average Bonchev–Trinajstić information content (AvgIpc) is 3.12. The Balaban J connectivity index is 1.56. The maximum absolute atomic E-state index is 6.02. The Morgan fingerprint density at radius 3 is 3.09 bits per heavy atom. The van der Waals surface area contributed by atoms with Crippen molar-refractivity contribution in [3.63, 3.8) is 0 Å². The van der Waals surface area contributed by atoms with E-state index in [-0.39, 0.29) is 6.04 Å². The molecule has 1 fully saturated rings. The fraction of sp³-hybridized carbons (Fsp3) is 0.412. The number of furan rings is 1. The Labute approximate surface area is 138 Å². The second-order valence-electron chi connectivity index (χ2n) is 5.85. The van der Waals surface area contributed by atoms with Gasteiger partial charge in [0.25, 0.3) is 0 Å². The van der Waals surface area contributed by atoms with Crippen LogP contribution in [0.5, 0.6) is 5.75 Å². The van der Waals surface area contributed by atoms with Gasteiger partial charge in [-0.05, 0) is 38.8 Å².